The van der Waals surface area contributed by atoms with Gasteiger partial charge >= 0.3 is 6.03 Å². The molecule has 78 valence electrons. The number of amides is 3. The molecule has 4 N–H and O–H groups in total. The first kappa shape index (κ1) is 12.2. The number of rotatable bonds is 5. The molecule has 0 saturated heterocycles. The molecule has 0 rings (SSSR count). The van der Waals surface area contributed by atoms with Crippen molar-refractivity contribution < 1.29 is 9.59 Å². The summed E-state index contributed by atoms with van der Waals surface area (Å²) in [6, 6.07) is -0.604. The highest BCUT2D eigenvalue weighted by molar-refractivity contribution is 5.92. The van der Waals surface area contributed by atoms with Gasteiger partial charge in [-0.25, -0.2) is 4.79 Å². The number of primary amides is 1. The van der Waals surface area contributed by atoms with E-state index in [9.17, 15) is 9.59 Å². The van der Waals surface area contributed by atoms with Gasteiger partial charge in [-0.3, -0.25) is 4.79 Å². The lowest BCUT2D eigenvalue weighted by Gasteiger charge is -2.01. The van der Waals surface area contributed by atoms with Crippen LogP contribution in [0.1, 0.15) is 13.3 Å². The fraction of sp³-hybridized carbons (Fsp3) is 0.333. The van der Waals surface area contributed by atoms with Crippen LogP contribution in [0, 0.1) is 0 Å². The molecule has 0 aromatic heterocycles. The Hall–Kier alpha value is -1.78. The highest BCUT2D eigenvalue weighted by atomic mass is 16.2. The zero-order valence-corrected chi connectivity index (χ0v) is 8.17. The van der Waals surface area contributed by atoms with Crippen molar-refractivity contribution in [1.29, 1.82) is 0 Å². The molecule has 0 heterocycles. The maximum absolute atomic E-state index is 11.0. The van der Waals surface area contributed by atoms with E-state index in [1.54, 1.807) is 13.0 Å². The second-order valence-corrected chi connectivity index (χ2v) is 2.74. The smallest absolute Gasteiger partial charge is 0.316 e. The fourth-order valence-corrected chi connectivity index (χ4v) is 0.644. The van der Waals surface area contributed by atoms with E-state index in [2.05, 4.69) is 17.2 Å². The lowest BCUT2D eigenvalue weighted by atomic mass is 10.3. The summed E-state index contributed by atoms with van der Waals surface area (Å²) < 4.78 is 0. The Morgan fingerprint density at radius 1 is 1.50 bits per heavy atom. The third kappa shape index (κ3) is 6.90. The van der Waals surface area contributed by atoms with Crippen LogP contribution in [0.2, 0.25) is 0 Å². The quantitative estimate of drug-likeness (QED) is 0.436. The second kappa shape index (κ2) is 6.71. The van der Waals surface area contributed by atoms with Gasteiger partial charge in [-0.1, -0.05) is 12.7 Å². The molecule has 0 bridgehead atoms. The van der Waals surface area contributed by atoms with E-state index in [4.69, 9.17) is 5.73 Å². The van der Waals surface area contributed by atoms with Gasteiger partial charge in [0.15, 0.2) is 0 Å². The highest BCUT2D eigenvalue weighted by Gasteiger charge is 1.97. The number of urea groups is 1. The topological polar surface area (TPSA) is 84.2 Å². The minimum Gasteiger partial charge on any atom is -0.352 e. The lowest BCUT2D eigenvalue weighted by Crippen LogP contribution is -2.25. The molecule has 0 saturated carbocycles. The average molecular weight is 197 g/mol. The molecule has 0 aliphatic carbocycles. The van der Waals surface area contributed by atoms with Crippen molar-refractivity contribution in [3.8, 4) is 0 Å². The van der Waals surface area contributed by atoms with Crippen LogP contribution >= 0.6 is 0 Å². The predicted octanol–water partition coefficient (Wildman–Crippen LogP) is 0.251. The second-order valence-electron chi connectivity index (χ2n) is 2.74. The van der Waals surface area contributed by atoms with Gasteiger partial charge in [-0.15, -0.1) is 0 Å². The van der Waals surface area contributed by atoms with E-state index in [0.717, 1.165) is 0 Å². The minimum absolute atomic E-state index is 0.165. The van der Waals surface area contributed by atoms with E-state index in [-0.39, 0.29) is 5.91 Å². The Labute approximate surface area is 83.0 Å². The summed E-state index contributed by atoms with van der Waals surface area (Å²) in [4.78, 5) is 21.2. The largest absolute Gasteiger partial charge is 0.352 e. The first-order valence-electron chi connectivity index (χ1n) is 4.18. The molecule has 5 heteroatoms. The first-order valence-corrected chi connectivity index (χ1v) is 4.18. The van der Waals surface area contributed by atoms with Gasteiger partial charge in [-0.05, 0) is 13.3 Å². The van der Waals surface area contributed by atoms with Crippen LogP contribution in [-0.2, 0) is 4.79 Å². The van der Waals surface area contributed by atoms with E-state index in [1.165, 1.54) is 6.20 Å². The van der Waals surface area contributed by atoms with Crippen molar-refractivity contribution in [2.45, 2.75) is 13.3 Å². The van der Waals surface area contributed by atoms with Crippen LogP contribution in [0.5, 0.6) is 0 Å². The number of carbonyl (C=O) groups is 2. The third-order valence-electron chi connectivity index (χ3n) is 1.33. The molecular weight excluding hydrogens is 182 g/mol. The van der Waals surface area contributed by atoms with Crippen molar-refractivity contribution in [2.75, 3.05) is 6.54 Å². The molecule has 14 heavy (non-hydrogen) atoms. The monoisotopic (exact) mass is 197 g/mol. The number of nitrogens with two attached hydrogens (primary N) is 1. The van der Waals surface area contributed by atoms with Crippen molar-refractivity contribution in [3.05, 3.63) is 24.4 Å². The van der Waals surface area contributed by atoms with Gasteiger partial charge < -0.3 is 16.4 Å². The Balaban J connectivity index is 3.47. The Kier molecular flexibility index (Phi) is 5.85. The molecule has 0 aromatic rings. The van der Waals surface area contributed by atoms with E-state index >= 15 is 0 Å². The van der Waals surface area contributed by atoms with Gasteiger partial charge in [0.1, 0.15) is 0 Å². The molecule has 0 aromatic carbocycles. The lowest BCUT2D eigenvalue weighted by molar-refractivity contribution is -0.117. The van der Waals surface area contributed by atoms with Crippen molar-refractivity contribution in [2.24, 2.45) is 5.73 Å². The fourth-order valence-electron chi connectivity index (χ4n) is 0.644. The van der Waals surface area contributed by atoms with E-state index in [1.807, 2.05) is 0 Å². The normalized spacial score (nSPS) is 9.79. The van der Waals surface area contributed by atoms with Crippen molar-refractivity contribution in [3.63, 3.8) is 0 Å². The zero-order valence-electron chi connectivity index (χ0n) is 8.17. The molecule has 0 spiro atoms. The molecule has 0 atom stereocenters. The van der Waals surface area contributed by atoms with Crippen LogP contribution in [0.3, 0.4) is 0 Å². The molecule has 0 aliphatic rings. The van der Waals surface area contributed by atoms with Gasteiger partial charge in [-0.2, -0.15) is 0 Å². The summed E-state index contributed by atoms with van der Waals surface area (Å²) in [6.07, 6.45) is 3.76. The number of carbonyl (C=O) groups excluding carboxylic acids is 2. The standard InChI is InChI=1S/C9H15N3O2/c1-7(2)8(13)11-5-3-4-6-12-9(10)14/h4,6H,1,3,5H2,2H3,(H,11,13)(H3,10,12,14). The third-order valence-corrected chi connectivity index (χ3v) is 1.33. The number of nitrogens with one attached hydrogen (secondary N) is 2. The van der Waals surface area contributed by atoms with Crippen molar-refractivity contribution >= 4 is 11.9 Å². The molecule has 0 fully saturated rings. The minimum atomic E-state index is -0.604. The average Bonchev–Trinajstić information content (AvgIpc) is 2.09. The van der Waals surface area contributed by atoms with Crippen LogP contribution in [-0.4, -0.2) is 18.5 Å². The summed E-state index contributed by atoms with van der Waals surface area (Å²) in [6.45, 7) is 5.63. The Bertz CT molecular complexity index is 259. The van der Waals surface area contributed by atoms with Crippen LogP contribution in [0.25, 0.3) is 0 Å². The summed E-state index contributed by atoms with van der Waals surface area (Å²) in [5, 5.41) is 4.92. The summed E-state index contributed by atoms with van der Waals surface area (Å²) in [5.74, 6) is -0.165. The Morgan fingerprint density at radius 3 is 2.64 bits per heavy atom. The number of hydrogen-bond acceptors (Lipinski definition) is 2. The van der Waals surface area contributed by atoms with Gasteiger partial charge in [0.25, 0.3) is 0 Å². The molecule has 0 radical (unpaired) electrons. The van der Waals surface area contributed by atoms with Crippen LogP contribution < -0.4 is 16.4 Å². The highest BCUT2D eigenvalue weighted by Crippen LogP contribution is 1.86. The van der Waals surface area contributed by atoms with Gasteiger partial charge in [0, 0.05) is 18.3 Å². The Morgan fingerprint density at radius 2 is 2.14 bits per heavy atom. The molecule has 5 nitrogen and oxygen atoms in total. The zero-order chi connectivity index (χ0) is 11.0. The maximum atomic E-state index is 11.0. The molecule has 0 aliphatic heterocycles. The van der Waals surface area contributed by atoms with Gasteiger partial charge in [0.05, 0.1) is 0 Å². The van der Waals surface area contributed by atoms with Gasteiger partial charge in [0.2, 0.25) is 5.91 Å². The summed E-state index contributed by atoms with van der Waals surface area (Å²) in [7, 11) is 0. The maximum Gasteiger partial charge on any atom is 0.316 e. The van der Waals surface area contributed by atoms with E-state index in [0.29, 0.717) is 18.5 Å². The van der Waals surface area contributed by atoms with E-state index < -0.39 is 6.03 Å². The predicted molar refractivity (Wildman–Crippen MR) is 54.3 cm³/mol. The summed E-state index contributed by atoms with van der Waals surface area (Å²) >= 11 is 0. The SMILES string of the molecule is C=C(C)C(=O)NCCC=CNC(N)=O. The van der Waals surface area contributed by atoms with Crippen molar-refractivity contribution in [1.82, 2.24) is 10.6 Å². The molecular formula is C9H15N3O2. The molecule has 0 unspecified atom stereocenters. The molecule has 3 amide bonds. The summed E-state index contributed by atoms with van der Waals surface area (Å²) in [5.41, 5.74) is 5.29. The first-order chi connectivity index (χ1) is 6.54. The van der Waals surface area contributed by atoms with Crippen LogP contribution in [0.4, 0.5) is 4.79 Å². The van der Waals surface area contributed by atoms with Crippen LogP contribution in [0.15, 0.2) is 24.4 Å². The number of hydrogen-bond donors (Lipinski definition) is 3.